The Bertz CT molecular complexity index is 620. The van der Waals surface area contributed by atoms with E-state index in [-0.39, 0.29) is 24.3 Å². The van der Waals surface area contributed by atoms with Gasteiger partial charge in [0, 0.05) is 29.8 Å². The number of hydrogen-bond donors (Lipinski definition) is 2. The van der Waals surface area contributed by atoms with Crippen LogP contribution in [-0.2, 0) is 9.59 Å². The van der Waals surface area contributed by atoms with Crippen molar-refractivity contribution >= 4 is 29.1 Å². The van der Waals surface area contributed by atoms with Crippen molar-refractivity contribution in [2.75, 3.05) is 18.4 Å². The van der Waals surface area contributed by atoms with E-state index in [0.29, 0.717) is 35.6 Å². The van der Waals surface area contributed by atoms with Crippen molar-refractivity contribution < 1.29 is 9.59 Å². The minimum atomic E-state index is -0.303. The summed E-state index contributed by atoms with van der Waals surface area (Å²) in [5.41, 5.74) is 7.60. The molecule has 5 nitrogen and oxygen atoms in total. The fourth-order valence-corrected chi connectivity index (χ4v) is 3.83. The topological polar surface area (TPSA) is 75.4 Å². The molecule has 1 aliphatic heterocycles. The Morgan fingerprint density at radius 3 is 2.61 bits per heavy atom. The third-order valence-corrected chi connectivity index (χ3v) is 5.52. The molecule has 1 aromatic carbocycles. The number of hydrogen-bond acceptors (Lipinski definition) is 3. The molecule has 3 rings (SSSR count). The molecule has 3 N–H and O–H groups in total. The molecular weight excluding hydrogens is 314 g/mol. The van der Waals surface area contributed by atoms with Crippen molar-refractivity contribution in [3.8, 4) is 0 Å². The highest BCUT2D eigenvalue weighted by molar-refractivity contribution is 6.31. The number of nitrogens with one attached hydrogen (secondary N) is 1. The monoisotopic (exact) mass is 335 g/mol. The average Bonchev–Trinajstić information content (AvgIpc) is 2.74. The molecule has 124 valence electrons. The number of halogens is 1. The molecule has 3 atom stereocenters. The van der Waals surface area contributed by atoms with Crippen LogP contribution in [0.5, 0.6) is 0 Å². The summed E-state index contributed by atoms with van der Waals surface area (Å²) in [5.74, 6) is 0.348. The second-order valence-electron chi connectivity index (χ2n) is 6.61. The van der Waals surface area contributed by atoms with E-state index in [1.807, 2.05) is 6.92 Å². The van der Waals surface area contributed by atoms with Gasteiger partial charge in [-0.1, -0.05) is 17.7 Å². The van der Waals surface area contributed by atoms with Gasteiger partial charge in [0.1, 0.15) is 6.42 Å². The van der Waals surface area contributed by atoms with Crippen LogP contribution < -0.4 is 11.1 Å². The Labute approximate surface area is 141 Å². The number of likely N-dealkylation sites (tertiary alicyclic amines) is 1. The van der Waals surface area contributed by atoms with Gasteiger partial charge in [0.2, 0.25) is 11.8 Å². The third-order valence-electron chi connectivity index (χ3n) is 5.11. The van der Waals surface area contributed by atoms with E-state index in [4.69, 9.17) is 17.3 Å². The molecule has 6 heteroatoms. The van der Waals surface area contributed by atoms with E-state index in [1.165, 1.54) is 0 Å². The molecule has 0 spiro atoms. The van der Waals surface area contributed by atoms with E-state index in [2.05, 4.69) is 5.32 Å². The maximum atomic E-state index is 12.4. The van der Waals surface area contributed by atoms with Crippen LogP contribution >= 0.6 is 11.6 Å². The lowest BCUT2D eigenvalue weighted by Gasteiger charge is -2.36. The lowest BCUT2D eigenvalue weighted by atomic mass is 9.93. The standard InChI is InChI=1S/C17H22ClN3O2/c1-10-13(18)3-2-4-14(10)20-15(22)7-16(23)21-8-11-5-6-12(9-21)17(11)19/h2-4,11-12,17H,5-9,19H2,1H3,(H,20,22)/t11-,12+,17?. The summed E-state index contributed by atoms with van der Waals surface area (Å²) < 4.78 is 0. The number of nitrogens with zero attached hydrogens (tertiary/aromatic N) is 1. The number of carbonyl (C=O) groups is 2. The van der Waals surface area contributed by atoms with Crippen LogP contribution in [0.25, 0.3) is 0 Å². The summed E-state index contributed by atoms with van der Waals surface area (Å²) in [6.07, 6.45) is 2.04. The van der Waals surface area contributed by atoms with Gasteiger partial charge >= 0.3 is 0 Å². The number of piperidine rings is 1. The Hall–Kier alpha value is -1.59. The van der Waals surface area contributed by atoms with Crippen LogP contribution in [0.1, 0.15) is 24.8 Å². The SMILES string of the molecule is Cc1c(Cl)cccc1NC(=O)CC(=O)N1C[C@H]2CC[C@@H](C1)C2N. The fraction of sp³-hybridized carbons (Fsp3) is 0.529. The van der Waals surface area contributed by atoms with Gasteiger partial charge in [-0.25, -0.2) is 0 Å². The largest absolute Gasteiger partial charge is 0.342 e. The Morgan fingerprint density at radius 2 is 1.96 bits per heavy atom. The Balaban J connectivity index is 1.58. The van der Waals surface area contributed by atoms with E-state index in [9.17, 15) is 9.59 Å². The van der Waals surface area contributed by atoms with Gasteiger partial charge in [-0.15, -0.1) is 0 Å². The second kappa shape index (κ2) is 6.49. The van der Waals surface area contributed by atoms with E-state index >= 15 is 0 Å². The lowest BCUT2D eigenvalue weighted by molar-refractivity contribution is -0.136. The zero-order chi connectivity index (χ0) is 16.6. The summed E-state index contributed by atoms with van der Waals surface area (Å²) in [4.78, 5) is 26.3. The van der Waals surface area contributed by atoms with Gasteiger partial charge in [-0.05, 0) is 49.3 Å². The van der Waals surface area contributed by atoms with Crippen LogP contribution in [0.2, 0.25) is 5.02 Å². The quantitative estimate of drug-likeness (QED) is 0.831. The molecule has 1 saturated carbocycles. The van der Waals surface area contributed by atoms with E-state index in [0.717, 1.165) is 18.4 Å². The summed E-state index contributed by atoms with van der Waals surface area (Å²) in [5, 5.41) is 3.37. The molecule has 1 aromatic rings. The Morgan fingerprint density at radius 1 is 1.30 bits per heavy atom. The fourth-order valence-electron chi connectivity index (χ4n) is 3.65. The second-order valence-corrected chi connectivity index (χ2v) is 7.02. The first-order valence-corrected chi connectivity index (χ1v) is 8.42. The van der Waals surface area contributed by atoms with Crippen molar-refractivity contribution in [3.05, 3.63) is 28.8 Å². The van der Waals surface area contributed by atoms with Crippen molar-refractivity contribution in [2.45, 2.75) is 32.2 Å². The van der Waals surface area contributed by atoms with Crippen LogP contribution in [0.4, 0.5) is 5.69 Å². The number of rotatable bonds is 3. The van der Waals surface area contributed by atoms with Gasteiger partial charge in [-0.2, -0.15) is 0 Å². The number of benzene rings is 1. The molecule has 23 heavy (non-hydrogen) atoms. The molecule has 2 amide bonds. The highest BCUT2D eigenvalue weighted by Gasteiger charge is 2.41. The minimum Gasteiger partial charge on any atom is -0.342 e. The molecule has 1 saturated heterocycles. The van der Waals surface area contributed by atoms with Crippen LogP contribution in [0.15, 0.2) is 18.2 Å². The molecule has 2 bridgehead atoms. The van der Waals surface area contributed by atoms with Crippen LogP contribution in [-0.4, -0.2) is 35.8 Å². The molecule has 1 heterocycles. The number of fused-ring (bicyclic) bond motifs is 2. The third kappa shape index (κ3) is 3.35. The van der Waals surface area contributed by atoms with Gasteiger partial charge in [0.15, 0.2) is 0 Å². The van der Waals surface area contributed by atoms with Crippen LogP contribution in [0.3, 0.4) is 0 Å². The lowest BCUT2D eigenvalue weighted by Crippen LogP contribution is -2.51. The first kappa shape index (κ1) is 16.3. The van der Waals surface area contributed by atoms with Crippen molar-refractivity contribution in [1.29, 1.82) is 0 Å². The number of amides is 2. The van der Waals surface area contributed by atoms with Gasteiger partial charge < -0.3 is 16.0 Å². The maximum Gasteiger partial charge on any atom is 0.233 e. The predicted molar refractivity (Wildman–Crippen MR) is 90.2 cm³/mol. The van der Waals surface area contributed by atoms with Gasteiger partial charge in [0.25, 0.3) is 0 Å². The number of carbonyl (C=O) groups excluding carboxylic acids is 2. The van der Waals surface area contributed by atoms with Gasteiger partial charge in [-0.3, -0.25) is 9.59 Å². The molecule has 1 aliphatic carbocycles. The number of anilines is 1. The van der Waals surface area contributed by atoms with Gasteiger partial charge in [0.05, 0.1) is 0 Å². The Kier molecular flexibility index (Phi) is 4.60. The maximum absolute atomic E-state index is 12.4. The smallest absolute Gasteiger partial charge is 0.233 e. The molecule has 0 radical (unpaired) electrons. The molecule has 0 aromatic heterocycles. The van der Waals surface area contributed by atoms with Crippen molar-refractivity contribution in [3.63, 3.8) is 0 Å². The molecule has 2 fully saturated rings. The highest BCUT2D eigenvalue weighted by atomic mass is 35.5. The first-order valence-electron chi connectivity index (χ1n) is 8.04. The van der Waals surface area contributed by atoms with E-state index < -0.39 is 0 Å². The van der Waals surface area contributed by atoms with Crippen molar-refractivity contribution in [2.24, 2.45) is 17.6 Å². The molecule has 2 aliphatic rings. The van der Waals surface area contributed by atoms with Crippen molar-refractivity contribution in [1.82, 2.24) is 4.90 Å². The summed E-state index contributed by atoms with van der Waals surface area (Å²) in [7, 11) is 0. The molecule has 1 unspecified atom stereocenters. The molecular formula is C17H22ClN3O2. The zero-order valence-electron chi connectivity index (χ0n) is 13.2. The summed E-state index contributed by atoms with van der Waals surface area (Å²) >= 11 is 6.04. The summed E-state index contributed by atoms with van der Waals surface area (Å²) in [6, 6.07) is 5.53. The highest BCUT2D eigenvalue weighted by Crippen LogP contribution is 2.35. The summed E-state index contributed by atoms with van der Waals surface area (Å²) in [6.45, 7) is 3.20. The normalized spacial score (nSPS) is 26.2. The predicted octanol–water partition coefficient (Wildman–Crippen LogP) is 2.17. The minimum absolute atomic E-state index is 0.119. The van der Waals surface area contributed by atoms with Crippen LogP contribution in [0, 0.1) is 18.8 Å². The first-order chi connectivity index (χ1) is 11.0. The number of nitrogens with two attached hydrogens (primary N) is 1. The average molecular weight is 336 g/mol. The zero-order valence-corrected chi connectivity index (χ0v) is 14.0. The van der Waals surface area contributed by atoms with E-state index in [1.54, 1.807) is 23.1 Å².